The Hall–Kier alpha value is 0.708. The Balaban J connectivity index is -0.000000294. The second-order valence-corrected chi connectivity index (χ2v) is 6.57. The van der Waals surface area contributed by atoms with Crippen molar-refractivity contribution in [2.45, 2.75) is 53.4 Å². The molecule has 0 spiro atoms. The van der Waals surface area contributed by atoms with Crippen molar-refractivity contribution < 1.29 is 23.2 Å². The topological polar surface area (TPSA) is 23.6 Å². The first-order valence-electron chi connectivity index (χ1n) is 7.52. The SMILES string of the molecule is CCCN(CCC)C(=S)[S-].CCCN(CCC)C(=S)[S-].[O]=[Mo+2]. The summed E-state index contributed by atoms with van der Waals surface area (Å²) in [6.45, 7) is 12.6. The average molecular weight is 465 g/mol. The van der Waals surface area contributed by atoms with Gasteiger partial charge in [-0.1, -0.05) is 36.3 Å². The fourth-order valence-electron chi connectivity index (χ4n) is 1.67. The molecular formula is C14H28MoN2OS4. The van der Waals surface area contributed by atoms with Crippen molar-refractivity contribution in [1.29, 1.82) is 0 Å². The van der Waals surface area contributed by atoms with Gasteiger partial charge >= 0.3 is 23.2 Å². The van der Waals surface area contributed by atoms with Gasteiger partial charge in [-0.25, -0.2) is 0 Å². The molecule has 0 aromatic carbocycles. The van der Waals surface area contributed by atoms with E-state index in [1.165, 1.54) is 0 Å². The molecule has 3 nitrogen and oxygen atoms in total. The van der Waals surface area contributed by atoms with Crippen molar-refractivity contribution in [3.8, 4) is 0 Å². The van der Waals surface area contributed by atoms with E-state index in [0.717, 1.165) is 51.9 Å². The van der Waals surface area contributed by atoms with Gasteiger partial charge in [0.2, 0.25) is 0 Å². The fourth-order valence-corrected chi connectivity index (χ4v) is 2.40. The first-order valence-corrected chi connectivity index (χ1v) is 9.98. The van der Waals surface area contributed by atoms with Crippen molar-refractivity contribution in [3.63, 3.8) is 0 Å². The van der Waals surface area contributed by atoms with Gasteiger partial charge in [-0.05, 0) is 25.7 Å². The summed E-state index contributed by atoms with van der Waals surface area (Å²) in [6, 6.07) is 0. The van der Waals surface area contributed by atoms with Gasteiger partial charge in [0.05, 0.1) is 0 Å². The third-order valence-electron chi connectivity index (χ3n) is 2.49. The maximum atomic E-state index is 8.26. The molecule has 0 radical (unpaired) electrons. The minimum atomic E-state index is 0.615. The summed E-state index contributed by atoms with van der Waals surface area (Å²) in [6.07, 6.45) is 4.49. The third-order valence-corrected chi connectivity index (χ3v) is 3.52. The summed E-state index contributed by atoms with van der Waals surface area (Å²) in [5, 5.41) is 0. The second kappa shape index (κ2) is 21.7. The van der Waals surface area contributed by atoms with E-state index in [-0.39, 0.29) is 0 Å². The number of thiocarbonyl (C=S) groups is 2. The van der Waals surface area contributed by atoms with Crippen LogP contribution in [0.15, 0.2) is 0 Å². The van der Waals surface area contributed by atoms with E-state index < -0.39 is 0 Å². The first-order chi connectivity index (χ1) is 10.4. The van der Waals surface area contributed by atoms with E-state index in [1.807, 2.05) is 0 Å². The van der Waals surface area contributed by atoms with Crippen molar-refractivity contribution in [1.82, 2.24) is 9.80 Å². The summed E-state index contributed by atoms with van der Waals surface area (Å²) in [5.74, 6) is 0. The predicted molar refractivity (Wildman–Crippen MR) is 105 cm³/mol. The summed E-state index contributed by atoms with van der Waals surface area (Å²) in [7, 11) is 0. The Morgan fingerprint density at radius 2 is 0.909 bits per heavy atom. The van der Waals surface area contributed by atoms with Gasteiger partial charge in [-0.15, -0.1) is 0 Å². The standard InChI is InChI=1S/2C7H15NS2.Mo.O/c2*1-3-5-8(6-4-2)7(9)10;;/h2*3-6H2,1-2H3,(H,9,10);;/q;;+2;/p-2. The molecule has 0 N–H and O–H groups in total. The molecule has 0 aromatic heterocycles. The third kappa shape index (κ3) is 18.8. The molecule has 0 aromatic rings. The van der Waals surface area contributed by atoms with E-state index in [9.17, 15) is 0 Å². The van der Waals surface area contributed by atoms with E-state index in [1.54, 1.807) is 0 Å². The number of hydrogen-bond acceptors (Lipinski definition) is 5. The maximum absolute atomic E-state index is 8.26. The molecule has 8 heteroatoms. The molecule has 0 unspecified atom stereocenters. The van der Waals surface area contributed by atoms with Crippen molar-refractivity contribution in [3.05, 3.63) is 0 Å². The molecule has 22 heavy (non-hydrogen) atoms. The predicted octanol–water partition coefficient (Wildman–Crippen LogP) is 3.76. The van der Waals surface area contributed by atoms with Crippen LogP contribution in [0.25, 0.3) is 0 Å². The van der Waals surface area contributed by atoms with Crippen molar-refractivity contribution in [2.75, 3.05) is 26.2 Å². The van der Waals surface area contributed by atoms with Gasteiger partial charge in [0, 0.05) is 26.2 Å². The molecule has 0 aliphatic rings. The molecule has 0 rings (SSSR count). The van der Waals surface area contributed by atoms with E-state index in [0.29, 0.717) is 28.4 Å². The normalized spacial score (nSPS) is 8.68. The van der Waals surface area contributed by atoms with Crippen LogP contribution in [0.3, 0.4) is 0 Å². The fraction of sp³-hybridized carbons (Fsp3) is 0.857. The van der Waals surface area contributed by atoms with Gasteiger partial charge in [-0.2, -0.15) is 0 Å². The minimum absolute atomic E-state index is 0.615. The summed E-state index contributed by atoms with van der Waals surface area (Å²) in [4.78, 5) is 4.15. The molecule has 0 saturated heterocycles. The Morgan fingerprint density at radius 3 is 1.00 bits per heavy atom. The summed E-state index contributed by atoms with van der Waals surface area (Å²) in [5.41, 5.74) is 0. The van der Waals surface area contributed by atoms with Crippen LogP contribution in [0.1, 0.15) is 53.4 Å². The van der Waals surface area contributed by atoms with Gasteiger partial charge in [-0.3, -0.25) is 0 Å². The molecule has 0 saturated carbocycles. The Morgan fingerprint density at radius 1 is 0.727 bits per heavy atom. The van der Waals surface area contributed by atoms with Crippen LogP contribution in [-0.2, 0) is 48.4 Å². The zero-order chi connectivity index (χ0) is 18.0. The summed E-state index contributed by atoms with van der Waals surface area (Å²) < 4.78 is 9.49. The van der Waals surface area contributed by atoms with Crippen LogP contribution < -0.4 is 0 Å². The number of rotatable bonds is 8. The van der Waals surface area contributed by atoms with Crippen LogP contribution in [0.4, 0.5) is 0 Å². The molecule has 0 aliphatic carbocycles. The van der Waals surface area contributed by atoms with Crippen molar-refractivity contribution in [2.24, 2.45) is 0 Å². The summed E-state index contributed by atoms with van der Waals surface area (Å²) >= 11 is 20.3. The second-order valence-electron chi connectivity index (χ2n) is 4.51. The zero-order valence-corrected chi connectivity index (χ0v) is 19.3. The Kier molecular flexibility index (Phi) is 27.2. The molecule has 0 atom stereocenters. The molecule has 130 valence electrons. The molecule has 0 bridgehead atoms. The molecule has 0 aliphatic heterocycles. The molecule has 0 amide bonds. The molecular weight excluding hydrogens is 436 g/mol. The van der Waals surface area contributed by atoms with E-state index >= 15 is 0 Å². The van der Waals surface area contributed by atoms with E-state index in [2.05, 4.69) is 37.5 Å². The van der Waals surface area contributed by atoms with Crippen LogP contribution >= 0.6 is 24.4 Å². The van der Waals surface area contributed by atoms with Gasteiger partial charge in [0.25, 0.3) is 0 Å². The van der Waals surface area contributed by atoms with Crippen LogP contribution in [0.5, 0.6) is 0 Å². The van der Waals surface area contributed by atoms with Gasteiger partial charge < -0.3 is 59.5 Å². The Labute approximate surface area is 170 Å². The van der Waals surface area contributed by atoms with Crippen LogP contribution in [0.2, 0.25) is 0 Å². The van der Waals surface area contributed by atoms with E-state index in [4.69, 9.17) is 53.1 Å². The zero-order valence-electron chi connectivity index (χ0n) is 14.0. The quantitative estimate of drug-likeness (QED) is 0.306. The monoisotopic (exact) mass is 466 g/mol. The Bertz CT molecular complexity index is 246. The van der Waals surface area contributed by atoms with Crippen LogP contribution in [0, 0.1) is 0 Å². The first kappa shape index (κ1) is 27.6. The van der Waals surface area contributed by atoms with Gasteiger partial charge in [0.1, 0.15) is 0 Å². The molecule has 0 heterocycles. The number of nitrogens with zero attached hydrogens (tertiary/aromatic N) is 2. The number of hydrogen-bond donors (Lipinski definition) is 0. The van der Waals surface area contributed by atoms with Crippen LogP contribution in [-0.4, -0.2) is 44.6 Å². The average Bonchev–Trinajstić information content (AvgIpc) is 2.49. The van der Waals surface area contributed by atoms with Gasteiger partial charge in [0.15, 0.2) is 0 Å². The molecule has 0 fully saturated rings. The van der Waals surface area contributed by atoms with Crippen molar-refractivity contribution >= 4 is 58.3 Å².